The van der Waals surface area contributed by atoms with Crippen molar-refractivity contribution in [3.05, 3.63) is 33.8 Å². The number of piperazine rings is 1. The van der Waals surface area contributed by atoms with Gasteiger partial charge in [-0.2, -0.15) is 0 Å². The first-order valence-corrected chi connectivity index (χ1v) is 6.24. The van der Waals surface area contributed by atoms with Crippen LogP contribution in [0.5, 0.6) is 0 Å². The number of rotatable bonds is 2. The molecule has 0 amide bonds. The molecule has 3 heteroatoms. The van der Waals surface area contributed by atoms with Crippen LogP contribution in [-0.2, 0) is 6.42 Å². The number of benzene rings is 1. The van der Waals surface area contributed by atoms with Gasteiger partial charge in [0.05, 0.1) is 0 Å². The normalized spacial score (nSPS) is 21.6. The van der Waals surface area contributed by atoms with Crippen LogP contribution >= 0.6 is 15.9 Å². The zero-order chi connectivity index (χ0) is 10.7. The van der Waals surface area contributed by atoms with Crippen LogP contribution in [0.1, 0.15) is 11.1 Å². The lowest BCUT2D eigenvalue weighted by Crippen LogP contribution is -2.49. The lowest BCUT2D eigenvalue weighted by Gasteiger charge is -2.24. The second kappa shape index (κ2) is 5.10. The molecule has 1 heterocycles. The highest BCUT2D eigenvalue weighted by Crippen LogP contribution is 2.18. The SMILES string of the molecule is Cc1ccc(CC2CNCCN2)cc1Br. The minimum Gasteiger partial charge on any atom is -0.314 e. The van der Waals surface area contributed by atoms with Crippen LogP contribution < -0.4 is 10.6 Å². The van der Waals surface area contributed by atoms with E-state index in [2.05, 4.69) is 51.7 Å². The van der Waals surface area contributed by atoms with E-state index < -0.39 is 0 Å². The molecule has 82 valence electrons. The van der Waals surface area contributed by atoms with Gasteiger partial charge in [0.25, 0.3) is 0 Å². The molecule has 1 aliphatic heterocycles. The highest BCUT2D eigenvalue weighted by Gasteiger charge is 2.12. The average molecular weight is 269 g/mol. The highest BCUT2D eigenvalue weighted by atomic mass is 79.9. The Morgan fingerprint density at radius 3 is 2.93 bits per heavy atom. The fourth-order valence-corrected chi connectivity index (χ4v) is 2.33. The molecular weight excluding hydrogens is 252 g/mol. The summed E-state index contributed by atoms with van der Waals surface area (Å²) in [5.74, 6) is 0. The Balaban J connectivity index is 2.00. The van der Waals surface area contributed by atoms with Crippen molar-refractivity contribution in [3.63, 3.8) is 0 Å². The Labute approximate surface area is 99.6 Å². The Morgan fingerprint density at radius 2 is 2.27 bits per heavy atom. The van der Waals surface area contributed by atoms with Crippen LogP contribution in [0.3, 0.4) is 0 Å². The molecule has 0 saturated carbocycles. The van der Waals surface area contributed by atoms with E-state index in [0.717, 1.165) is 26.1 Å². The zero-order valence-electron chi connectivity index (χ0n) is 9.02. The molecule has 1 aromatic carbocycles. The molecule has 0 radical (unpaired) electrons. The highest BCUT2D eigenvalue weighted by molar-refractivity contribution is 9.10. The van der Waals surface area contributed by atoms with Gasteiger partial charge in [0.2, 0.25) is 0 Å². The van der Waals surface area contributed by atoms with Crippen molar-refractivity contribution in [1.82, 2.24) is 10.6 Å². The predicted molar refractivity (Wildman–Crippen MR) is 67.2 cm³/mol. The lowest BCUT2D eigenvalue weighted by molar-refractivity contribution is 0.416. The van der Waals surface area contributed by atoms with Gasteiger partial charge in [0.15, 0.2) is 0 Å². The third-order valence-corrected chi connectivity index (χ3v) is 3.70. The number of nitrogens with one attached hydrogen (secondary N) is 2. The lowest BCUT2D eigenvalue weighted by atomic mass is 10.0. The van der Waals surface area contributed by atoms with E-state index in [4.69, 9.17) is 0 Å². The standard InChI is InChI=1S/C12H17BrN2/c1-9-2-3-10(7-12(9)13)6-11-8-14-4-5-15-11/h2-3,7,11,14-15H,4-6,8H2,1H3. The van der Waals surface area contributed by atoms with Gasteiger partial charge in [0, 0.05) is 30.1 Å². The van der Waals surface area contributed by atoms with Gasteiger partial charge in [-0.3, -0.25) is 0 Å². The Hall–Kier alpha value is -0.380. The van der Waals surface area contributed by atoms with Crippen LogP contribution in [0.4, 0.5) is 0 Å². The first-order chi connectivity index (χ1) is 7.25. The summed E-state index contributed by atoms with van der Waals surface area (Å²) < 4.78 is 1.21. The molecule has 0 spiro atoms. The monoisotopic (exact) mass is 268 g/mol. The largest absolute Gasteiger partial charge is 0.314 e. The molecule has 1 unspecified atom stereocenters. The van der Waals surface area contributed by atoms with Crippen LogP contribution in [0.2, 0.25) is 0 Å². The number of hydrogen-bond donors (Lipinski definition) is 2. The van der Waals surface area contributed by atoms with Crippen molar-refractivity contribution in [3.8, 4) is 0 Å². The topological polar surface area (TPSA) is 24.1 Å². The predicted octanol–water partition coefficient (Wildman–Crippen LogP) is 1.86. The Kier molecular flexibility index (Phi) is 3.78. The number of halogens is 1. The molecule has 2 N–H and O–H groups in total. The van der Waals surface area contributed by atoms with Gasteiger partial charge in [0.1, 0.15) is 0 Å². The third-order valence-electron chi connectivity index (χ3n) is 2.84. The Bertz CT molecular complexity index is 332. The van der Waals surface area contributed by atoms with Crippen molar-refractivity contribution < 1.29 is 0 Å². The van der Waals surface area contributed by atoms with Gasteiger partial charge >= 0.3 is 0 Å². The van der Waals surface area contributed by atoms with Crippen molar-refractivity contribution in [2.75, 3.05) is 19.6 Å². The van der Waals surface area contributed by atoms with E-state index in [1.54, 1.807) is 0 Å². The van der Waals surface area contributed by atoms with Crippen LogP contribution in [0.15, 0.2) is 22.7 Å². The van der Waals surface area contributed by atoms with Crippen molar-refractivity contribution >= 4 is 15.9 Å². The third kappa shape index (κ3) is 3.03. The van der Waals surface area contributed by atoms with Crippen molar-refractivity contribution in [2.24, 2.45) is 0 Å². The molecule has 1 fully saturated rings. The van der Waals surface area contributed by atoms with E-state index in [9.17, 15) is 0 Å². The average Bonchev–Trinajstić information content (AvgIpc) is 2.25. The summed E-state index contributed by atoms with van der Waals surface area (Å²) in [7, 11) is 0. The van der Waals surface area contributed by atoms with Crippen molar-refractivity contribution in [2.45, 2.75) is 19.4 Å². The molecule has 2 rings (SSSR count). The molecule has 0 bridgehead atoms. The van der Waals surface area contributed by atoms with Gasteiger partial charge < -0.3 is 10.6 Å². The second-order valence-corrected chi connectivity index (χ2v) is 5.00. The maximum atomic E-state index is 3.57. The molecule has 1 aliphatic rings. The fourth-order valence-electron chi connectivity index (χ4n) is 1.91. The summed E-state index contributed by atoms with van der Waals surface area (Å²) in [6.07, 6.45) is 1.10. The Morgan fingerprint density at radius 1 is 1.40 bits per heavy atom. The zero-order valence-corrected chi connectivity index (χ0v) is 10.6. The second-order valence-electron chi connectivity index (χ2n) is 4.14. The van der Waals surface area contributed by atoms with Gasteiger partial charge in [-0.05, 0) is 30.5 Å². The van der Waals surface area contributed by atoms with Gasteiger partial charge in [-0.1, -0.05) is 28.1 Å². The summed E-state index contributed by atoms with van der Waals surface area (Å²) >= 11 is 3.57. The minimum absolute atomic E-state index is 0.577. The molecule has 1 saturated heterocycles. The van der Waals surface area contributed by atoms with E-state index in [1.807, 2.05) is 0 Å². The first-order valence-electron chi connectivity index (χ1n) is 5.45. The van der Waals surface area contributed by atoms with Gasteiger partial charge in [-0.15, -0.1) is 0 Å². The van der Waals surface area contributed by atoms with E-state index in [0.29, 0.717) is 6.04 Å². The van der Waals surface area contributed by atoms with Crippen molar-refractivity contribution in [1.29, 1.82) is 0 Å². The molecule has 1 atom stereocenters. The fraction of sp³-hybridized carbons (Fsp3) is 0.500. The number of aryl methyl sites for hydroxylation is 1. The number of hydrogen-bond acceptors (Lipinski definition) is 2. The summed E-state index contributed by atoms with van der Waals surface area (Å²) in [6, 6.07) is 7.20. The van der Waals surface area contributed by atoms with Gasteiger partial charge in [-0.25, -0.2) is 0 Å². The summed E-state index contributed by atoms with van der Waals surface area (Å²) in [6.45, 7) is 5.37. The molecule has 2 nitrogen and oxygen atoms in total. The maximum absolute atomic E-state index is 3.57. The molecule has 1 aromatic rings. The maximum Gasteiger partial charge on any atom is 0.0233 e. The summed E-state index contributed by atoms with van der Waals surface area (Å²) in [5.41, 5.74) is 2.70. The van der Waals surface area contributed by atoms with Crippen LogP contribution in [-0.4, -0.2) is 25.7 Å². The molecule has 15 heavy (non-hydrogen) atoms. The van der Waals surface area contributed by atoms with Crippen LogP contribution in [0.25, 0.3) is 0 Å². The minimum atomic E-state index is 0.577. The van der Waals surface area contributed by atoms with E-state index in [-0.39, 0.29) is 0 Å². The molecule has 0 aromatic heterocycles. The van der Waals surface area contributed by atoms with E-state index >= 15 is 0 Å². The first kappa shape index (κ1) is 11.1. The van der Waals surface area contributed by atoms with E-state index in [1.165, 1.54) is 15.6 Å². The molecule has 0 aliphatic carbocycles. The summed E-state index contributed by atoms with van der Waals surface area (Å²) in [4.78, 5) is 0. The summed E-state index contributed by atoms with van der Waals surface area (Å²) in [5, 5.41) is 6.93. The molecular formula is C12H17BrN2. The quantitative estimate of drug-likeness (QED) is 0.856. The smallest absolute Gasteiger partial charge is 0.0233 e. The van der Waals surface area contributed by atoms with Crippen LogP contribution in [0, 0.1) is 6.92 Å².